The Kier molecular flexibility index (Phi) is 8.50. The van der Waals surface area contributed by atoms with Crippen molar-refractivity contribution >= 4 is 16.9 Å². The first kappa shape index (κ1) is 32.6. The van der Waals surface area contributed by atoms with E-state index in [1.807, 2.05) is 41.5 Å². The van der Waals surface area contributed by atoms with Gasteiger partial charge in [0.15, 0.2) is 0 Å². The molecular weight excluding hydrogens is 529 g/mol. The van der Waals surface area contributed by atoms with Gasteiger partial charge < -0.3 is 13.9 Å². The molecule has 0 amide bonds. The number of rotatable bonds is 8. The number of esters is 1. The van der Waals surface area contributed by atoms with Crippen molar-refractivity contribution in [2.75, 3.05) is 0 Å². The molecule has 0 radical (unpaired) electrons. The molecule has 0 aliphatic carbocycles. The van der Waals surface area contributed by atoms with Gasteiger partial charge in [-0.1, -0.05) is 59.7 Å². The quantitative estimate of drug-likeness (QED) is 0.251. The lowest BCUT2D eigenvalue weighted by molar-refractivity contribution is -0.181. The van der Waals surface area contributed by atoms with Crippen molar-refractivity contribution in [2.45, 2.75) is 106 Å². The lowest BCUT2D eigenvalue weighted by Crippen LogP contribution is -2.48. The number of benzene rings is 2. The van der Waals surface area contributed by atoms with Gasteiger partial charge in [0, 0.05) is 17.4 Å². The second-order valence-electron chi connectivity index (χ2n) is 14.9. The van der Waals surface area contributed by atoms with E-state index < -0.39 is 28.4 Å². The van der Waals surface area contributed by atoms with Crippen LogP contribution < -0.4 is 4.74 Å². The van der Waals surface area contributed by atoms with Crippen molar-refractivity contribution < 1.29 is 31.9 Å². The summed E-state index contributed by atoms with van der Waals surface area (Å²) in [7, 11) is 0. The van der Waals surface area contributed by atoms with Gasteiger partial charge >= 0.3 is 12.1 Å². The summed E-state index contributed by atoms with van der Waals surface area (Å²) in [6.45, 7) is 21.5. The van der Waals surface area contributed by atoms with Crippen molar-refractivity contribution in [1.82, 2.24) is 0 Å². The first-order valence-electron chi connectivity index (χ1n) is 14.1. The summed E-state index contributed by atoms with van der Waals surface area (Å²) in [5, 5.41) is 0.721. The molecule has 1 heterocycles. The van der Waals surface area contributed by atoms with Crippen molar-refractivity contribution in [3.05, 3.63) is 54.1 Å². The van der Waals surface area contributed by atoms with Gasteiger partial charge in [-0.25, -0.2) is 0 Å². The van der Waals surface area contributed by atoms with Crippen LogP contribution in [-0.2, 0) is 15.7 Å². The van der Waals surface area contributed by atoms with Crippen LogP contribution in [0, 0.1) is 16.2 Å². The van der Waals surface area contributed by atoms with Crippen molar-refractivity contribution in [2.24, 2.45) is 16.2 Å². The van der Waals surface area contributed by atoms with Gasteiger partial charge in [0.05, 0.1) is 11.0 Å². The van der Waals surface area contributed by atoms with Gasteiger partial charge in [0.2, 0.25) is 0 Å². The van der Waals surface area contributed by atoms with Gasteiger partial charge in [-0.2, -0.15) is 13.2 Å². The highest BCUT2D eigenvalue weighted by Crippen LogP contribution is 2.48. The third-order valence-corrected chi connectivity index (χ3v) is 7.59. The number of carbonyl (C=O) groups excluding carboxylic acids is 1. The lowest BCUT2D eigenvalue weighted by Gasteiger charge is -2.45. The molecule has 41 heavy (non-hydrogen) atoms. The Morgan fingerprint density at radius 3 is 1.93 bits per heavy atom. The maximum absolute atomic E-state index is 14.2. The minimum atomic E-state index is -4.63. The van der Waals surface area contributed by atoms with E-state index in [-0.39, 0.29) is 40.3 Å². The van der Waals surface area contributed by atoms with Gasteiger partial charge in [-0.15, -0.1) is 0 Å². The fraction of sp³-hybridized carbons (Fsp3) is 0.559. The fourth-order valence-electron chi connectivity index (χ4n) is 5.64. The lowest BCUT2D eigenvalue weighted by atomic mass is 9.61. The van der Waals surface area contributed by atoms with E-state index in [2.05, 4.69) is 20.8 Å². The second-order valence-corrected chi connectivity index (χ2v) is 14.9. The van der Waals surface area contributed by atoms with E-state index >= 15 is 0 Å². The molecule has 1 aromatic heterocycles. The van der Waals surface area contributed by atoms with Crippen LogP contribution in [-0.4, -0.2) is 17.2 Å². The topological polar surface area (TPSA) is 48.7 Å². The summed E-state index contributed by atoms with van der Waals surface area (Å²) in [6.07, 6.45) is -3.73. The summed E-state index contributed by atoms with van der Waals surface area (Å²) in [4.78, 5) is 13.6. The Balaban J connectivity index is 1.85. The largest absolute Gasteiger partial charge is 0.488 e. The number of para-hydroxylation sites is 1. The summed E-state index contributed by atoms with van der Waals surface area (Å²) in [6, 6.07) is 12.6. The number of hydrogen-bond acceptors (Lipinski definition) is 4. The molecule has 3 aromatic rings. The van der Waals surface area contributed by atoms with Crippen LogP contribution in [0.5, 0.6) is 5.75 Å². The Morgan fingerprint density at radius 1 is 0.780 bits per heavy atom. The molecule has 3 rings (SSSR count). The van der Waals surface area contributed by atoms with Crippen LogP contribution in [0.2, 0.25) is 0 Å². The zero-order valence-electron chi connectivity index (χ0n) is 26.3. The summed E-state index contributed by atoms with van der Waals surface area (Å²) >= 11 is 0. The Morgan fingerprint density at radius 2 is 1.39 bits per heavy atom. The number of hydrogen-bond donors (Lipinski definition) is 0. The SMILES string of the molecule is CC(C)(C)CC(C)(C(=O)OC(C)(C)CC(C)(C)Oc1ccc(-c2cc3ccccc3o2)c(C(F)(F)F)c1)C(C)(C)C. The molecule has 0 aliphatic heterocycles. The Bertz CT molecular complexity index is 1350. The zero-order chi connectivity index (χ0) is 31.2. The second kappa shape index (κ2) is 10.7. The van der Waals surface area contributed by atoms with Gasteiger partial charge in [0.25, 0.3) is 0 Å². The van der Waals surface area contributed by atoms with Gasteiger partial charge in [-0.3, -0.25) is 4.79 Å². The fourth-order valence-corrected chi connectivity index (χ4v) is 5.64. The normalized spacial score (nSPS) is 15.1. The molecule has 2 aromatic carbocycles. The van der Waals surface area contributed by atoms with Gasteiger partial charge in [0.1, 0.15) is 28.3 Å². The maximum Gasteiger partial charge on any atom is 0.417 e. The zero-order valence-corrected chi connectivity index (χ0v) is 26.3. The van der Waals surface area contributed by atoms with E-state index in [1.54, 1.807) is 44.2 Å². The molecule has 0 aliphatic rings. The molecule has 0 bridgehead atoms. The minimum absolute atomic E-state index is 0.0616. The first-order valence-corrected chi connectivity index (χ1v) is 14.1. The number of fused-ring (bicyclic) bond motifs is 1. The van der Waals surface area contributed by atoms with Crippen LogP contribution in [0.15, 0.2) is 52.9 Å². The van der Waals surface area contributed by atoms with Crippen molar-refractivity contribution in [3.8, 4) is 17.1 Å². The molecule has 1 unspecified atom stereocenters. The molecular formula is C34H45F3O4. The number of furan rings is 1. The van der Waals surface area contributed by atoms with Crippen molar-refractivity contribution in [1.29, 1.82) is 0 Å². The molecule has 226 valence electrons. The van der Waals surface area contributed by atoms with Crippen molar-refractivity contribution in [3.63, 3.8) is 0 Å². The number of alkyl halides is 3. The molecule has 4 nitrogen and oxygen atoms in total. The molecule has 0 fully saturated rings. The summed E-state index contributed by atoms with van der Waals surface area (Å²) in [5.41, 5.74) is -3.48. The molecule has 0 N–H and O–H groups in total. The first-order chi connectivity index (χ1) is 18.4. The van der Waals surface area contributed by atoms with Crippen LogP contribution >= 0.6 is 0 Å². The van der Waals surface area contributed by atoms with Gasteiger partial charge in [-0.05, 0) is 82.2 Å². The van der Waals surface area contributed by atoms with E-state index in [4.69, 9.17) is 13.9 Å². The average Bonchev–Trinajstić information content (AvgIpc) is 3.19. The van der Waals surface area contributed by atoms with E-state index in [1.165, 1.54) is 12.1 Å². The monoisotopic (exact) mass is 574 g/mol. The summed E-state index contributed by atoms with van der Waals surface area (Å²) in [5.74, 6) is -0.0959. The van der Waals surface area contributed by atoms with E-state index in [0.717, 1.165) is 11.5 Å². The predicted octanol–water partition coefficient (Wildman–Crippen LogP) is 10.5. The smallest absolute Gasteiger partial charge is 0.417 e. The Hall–Kier alpha value is -2.96. The number of halogens is 3. The molecule has 0 saturated carbocycles. The third-order valence-electron chi connectivity index (χ3n) is 7.59. The Labute approximate surface area is 242 Å². The molecule has 0 saturated heterocycles. The van der Waals surface area contributed by atoms with Crippen LogP contribution in [0.4, 0.5) is 13.2 Å². The van der Waals surface area contributed by atoms with Crippen LogP contribution in [0.3, 0.4) is 0 Å². The van der Waals surface area contributed by atoms with Crippen LogP contribution in [0.25, 0.3) is 22.3 Å². The highest BCUT2D eigenvalue weighted by atomic mass is 19.4. The highest BCUT2D eigenvalue weighted by molar-refractivity contribution is 5.83. The maximum atomic E-state index is 14.2. The van der Waals surface area contributed by atoms with Crippen LogP contribution in [0.1, 0.15) is 94.6 Å². The molecule has 0 spiro atoms. The van der Waals surface area contributed by atoms with E-state index in [9.17, 15) is 18.0 Å². The minimum Gasteiger partial charge on any atom is -0.488 e. The highest BCUT2D eigenvalue weighted by Gasteiger charge is 2.49. The number of ether oxygens (including phenoxy) is 2. The third kappa shape index (κ3) is 7.87. The number of carbonyl (C=O) groups is 1. The average molecular weight is 575 g/mol. The van der Waals surface area contributed by atoms with E-state index in [0.29, 0.717) is 12.0 Å². The predicted molar refractivity (Wildman–Crippen MR) is 158 cm³/mol. The standard InChI is InChI=1S/C34H45F3O4/c1-29(2,3)20-33(11,30(4,5)6)28(38)41-32(9,10)21-31(7,8)40-23-16-17-24(25(19-23)34(35,36)37)27-18-22-14-12-13-15-26(22)39-27/h12-19H,20-21H2,1-11H3. The molecule has 7 heteroatoms. The molecule has 1 atom stereocenters. The summed E-state index contributed by atoms with van der Waals surface area (Å²) < 4.78 is 60.5.